The lowest BCUT2D eigenvalue weighted by Crippen LogP contribution is -2.20. The molecule has 0 aromatic rings. The summed E-state index contributed by atoms with van der Waals surface area (Å²) >= 11 is 5.40. The van der Waals surface area contributed by atoms with Gasteiger partial charge in [-0.3, -0.25) is 0 Å². The van der Waals surface area contributed by atoms with E-state index < -0.39 is 10.8 Å². The van der Waals surface area contributed by atoms with Crippen molar-refractivity contribution in [3.63, 3.8) is 0 Å². The fourth-order valence-corrected chi connectivity index (χ4v) is 0.422. The summed E-state index contributed by atoms with van der Waals surface area (Å²) in [4.78, 5) is 9.29. The molecule has 1 aliphatic rings. The number of rotatable bonds is 1. The Morgan fingerprint density at radius 1 is 1.75 bits per heavy atom. The Labute approximate surface area is 51.8 Å². The van der Waals surface area contributed by atoms with E-state index in [4.69, 9.17) is 11.6 Å². The Morgan fingerprint density at radius 2 is 2.25 bits per heavy atom. The molecule has 0 saturated carbocycles. The molecule has 0 spiro atoms. The lowest BCUT2D eigenvalue weighted by Gasteiger charge is -1.98. The fourth-order valence-electron chi connectivity index (χ4n) is 0.298. The molecule has 0 aromatic heterocycles. The van der Waals surface area contributed by atoms with Gasteiger partial charge in [0.25, 0.3) is 4.87 Å². The van der Waals surface area contributed by atoms with Gasteiger partial charge in [0.15, 0.2) is 0 Å². The van der Waals surface area contributed by atoms with Crippen LogP contribution in [0.25, 0.3) is 0 Å². The van der Waals surface area contributed by atoms with Crippen LogP contribution in [-0.4, -0.2) is 18.0 Å². The second-order valence-corrected chi connectivity index (χ2v) is 1.97. The molecule has 0 bridgehead atoms. The first-order valence-electron chi connectivity index (χ1n) is 2.01. The maximum absolute atomic E-state index is 10.4. The van der Waals surface area contributed by atoms with Crippen molar-refractivity contribution in [2.75, 3.05) is 7.11 Å². The number of ether oxygens (including phenoxy) is 1. The summed E-state index contributed by atoms with van der Waals surface area (Å²) in [6.07, 6.45) is 0. The van der Waals surface area contributed by atoms with Crippen molar-refractivity contribution in [3.05, 3.63) is 0 Å². The second kappa shape index (κ2) is 1.40. The summed E-state index contributed by atoms with van der Waals surface area (Å²) in [5.41, 5.74) is 0. The highest BCUT2D eigenvalue weighted by Crippen LogP contribution is 2.23. The quantitative estimate of drug-likeness (QED) is 0.287. The van der Waals surface area contributed by atoms with Crippen LogP contribution >= 0.6 is 11.6 Å². The Hall–Kier alpha value is -0.680. The first-order chi connectivity index (χ1) is 3.69. The summed E-state index contributed by atoms with van der Waals surface area (Å²) in [7, 11) is 1.27. The molecule has 3 heteroatoms. The molecule has 2 nitrogen and oxygen atoms in total. The van der Waals surface area contributed by atoms with E-state index in [1.54, 1.807) is 0 Å². The highest BCUT2D eigenvalue weighted by Gasteiger charge is 2.41. The van der Waals surface area contributed by atoms with Crippen LogP contribution in [-0.2, 0) is 9.53 Å². The number of carbonyl (C=O) groups is 1. The molecular weight excluding hydrogens is 128 g/mol. The molecule has 42 valence electrons. The van der Waals surface area contributed by atoms with Crippen LogP contribution in [0.15, 0.2) is 0 Å². The third-order valence-corrected chi connectivity index (χ3v) is 1.15. The SMILES string of the molecule is COC(=O)C1(Cl)C#C1. The molecule has 0 saturated heterocycles. The van der Waals surface area contributed by atoms with Crippen LogP contribution in [0.1, 0.15) is 0 Å². The standard InChI is InChI=1S/C5H3ClO2/c1-8-4(7)5(6)2-3-5/h1H3. The molecule has 0 N–H and O–H groups in total. The molecule has 0 unspecified atom stereocenters. The Morgan fingerprint density at radius 3 is 2.38 bits per heavy atom. The van der Waals surface area contributed by atoms with Crippen LogP contribution in [0.4, 0.5) is 0 Å². The van der Waals surface area contributed by atoms with Gasteiger partial charge in [-0.05, 0) is 0 Å². The molecule has 0 radical (unpaired) electrons. The average molecular weight is 131 g/mol. The van der Waals surface area contributed by atoms with Crippen molar-refractivity contribution in [3.8, 4) is 11.8 Å². The van der Waals surface area contributed by atoms with Gasteiger partial charge in [-0.25, -0.2) is 4.79 Å². The molecule has 8 heavy (non-hydrogen) atoms. The van der Waals surface area contributed by atoms with E-state index in [1.165, 1.54) is 7.11 Å². The summed E-state index contributed by atoms with van der Waals surface area (Å²) < 4.78 is 4.28. The molecule has 0 fully saturated rings. The van der Waals surface area contributed by atoms with Gasteiger partial charge >= 0.3 is 5.97 Å². The van der Waals surface area contributed by atoms with Crippen molar-refractivity contribution < 1.29 is 9.53 Å². The number of halogens is 1. The van der Waals surface area contributed by atoms with E-state index in [0.29, 0.717) is 0 Å². The lowest BCUT2D eigenvalue weighted by molar-refractivity contribution is -0.140. The molecule has 0 amide bonds. The van der Waals surface area contributed by atoms with Gasteiger partial charge in [0.1, 0.15) is 0 Å². The van der Waals surface area contributed by atoms with Crippen LogP contribution in [0.3, 0.4) is 0 Å². The summed E-state index contributed by atoms with van der Waals surface area (Å²) in [5, 5.41) is 0. The normalized spacial score (nSPS) is 18.2. The third-order valence-electron chi connectivity index (χ3n) is 0.811. The number of alkyl halides is 1. The van der Waals surface area contributed by atoms with Crippen molar-refractivity contribution in [1.29, 1.82) is 0 Å². The predicted molar refractivity (Wildman–Crippen MR) is 28.4 cm³/mol. The minimum atomic E-state index is -1.13. The summed E-state index contributed by atoms with van der Waals surface area (Å²) in [5.74, 6) is 4.29. The van der Waals surface area contributed by atoms with E-state index >= 15 is 0 Å². The van der Waals surface area contributed by atoms with Crippen molar-refractivity contribution in [2.24, 2.45) is 0 Å². The van der Waals surface area contributed by atoms with Crippen LogP contribution in [0, 0.1) is 11.8 Å². The van der Waals surface area contributed by atoms with E-state index in [1.807, 2.05) is 0 Å². The Bertz CT molecular complexity index is 178. The second-order valence-electron chi connectivity index (χ2n) is 1.40. The first-order valence-corrected chi connectivity index (χ1v) is 2.38. The minimum Gasteiger partial charge on any atom is -0.466 e. The van der Waals surface area contributed by atoms with Crippen molar-refractivity contribution >= 4 is 17.6 Å². The molecule has 1 aliphatic carbocycles. The molecule has 0 aliphatic heterocycles. The van der Waals surface area contributed by atoms with E-state index in [-0.39, 0.29) is 0 Å². The van der Waals surface area contributed by atoms with E-state index in [9.17, 15) is 4.79 Å². The monoisotopic (exact) mass is 130 g/mol. The van der Waals surface area contributed by atoms with Gasteiger partial charge in [-0.1, -0.05) is 23.4 Å². The Balaban J connectivity index is 2.49. The van der Waals surface area contributed by atoms with Gasteiger partial charge in [0, 0.05) is 0 Å². The molecule has 1 rings (SSSR count). The highest BCUT2D eigenvalue weighted by atomic mass is 35.5. The zero-order valence-electron chi connectivity index (χ0n) is 4.19. The topological polar surface area (TPSA) is 26.3 Å². The van der Waals surface area contributed by atoms with Gasteiger partial charge in [0.2, 0.25) is 0 Å². The van der Waals surface area contributed by atoms with Gasteiger partial charge < -0.3 is 4.74 Å². The molecule has 0 aromatic carbocycles. The maximum atomic E-state index is 10.4. The number of methoxy groups -OCH3 is 1. The molecule has 0 heterocycles. The Kier molecular flexibility index (Phi) is 0.952. The fraction of sp³-hybridized carbons (Fsp3) is 0.400. The highest BCUT2D eigenvalue weighted by molar-refractivity contribution is 6.42. The van der Waals surface area contributed by atoms with Gasteiger partial charge in [-0.15, -0.1) is 0 Å². The zero-order valence-corrected chi connectivity index (χ0v) is 4.95. The number of hydrogen-bond donors (Lipinski definition) is 0. The van der Waals surface area contributed by atoms with Crippen molar-refractivity contribution in [1.82, 2.24) is 0 Å². The zero-order chi connectivity index (χ0) is 6.20. The van der Waals surface area contributed by atoms with Gasteiger partial charge in [-0.2, -0.15) is 0 Å². The van der Waals surface area contributed by atoms with Crippen molar-refractivity contribution in [2.45, 2.75) is 4.87 Å². The van der Waals surface area contributed by atoms with Crippen LogP contribution in [0.2, 0.25) is 0 Å². The van der Waals surface area contributed by atoms with E-state index in [2.05, 4.69) is 16.6 Å². The number of esters is 1. The maximum Gasteiger partial charge on any atom is 0.352 e. The van der Waals surface area contributed by atoms with Crippen LogP contribution < -0.4 is 0 Å². The molecule has 0 atom stereocenters. The van der Waals surface area contributed by atoms with Crippen LogP contribution in [0.5, 0.6) is 0 Å². The lowest BCUT2D eigenvalue weighted by atomic mass is 10.4. The largest absolute Gasteiger partial charge is 0.466 e. The summed E-state index contributed by atoms with van der Waals surface area (Å²) in [6, 6.07) is 0. The average Bonchev–Trinajstić information content (AvgIpc) is 2.47. The molecular formula is C5H3ClO2. The van der Waals surface area contributed by atoms with E-state index in [0.717, 1.165) is 0 Å². The smallest absolute Gasteiger partial charge is 0.352 e. The minimum absolute atomic E-state index is 0.515. The van der Waals surface area contributed by atoms with Gasteiger partial charge in [0.05, 0.1) is 7.11 Å². The number of hydrogen-bond acceptors (Lipinski definition) is 2. The number of carbonyl (C=O) groups excluding carboxylic acids is 1. The third kappa shape index (κ3) is 0.654. The first kappa shape index (κ1) is 5.46. The predicted octanol–water partition coefficient (Wildman–Crippen LogP) is 0.154. The summed E-state index contributed by atoms with van der Waals surface area (Å²) in [6.45, 7) is 0.